The zero-order valence-corrected chi connectivity index (χ0v) is 8.54. The monoisotopic (exact) mass is 297 g/mol. The van der Waals surface area contributed by atoms with Crippen molar-refractivity contribution in [3.05, 3.63) is 22.7 Å². The van der Waals surface area contributed by atoms with Crippen molar-refractivity contribution >= 4 is 19.1 Å². The molecule has 0 aromatic rings. The molecule has 0 aromatic carbocycles. The number of hydrogen-bond donors (Lipinski definition) is 0. The summed E-state index contributed by atoms with van der Waals surface area (Å²) in [4.78, 5) is 0. The van der Waals surface area contributed by atoms with Crippen LogP contribution in [0.1, 0.15) is 6.42 Å². The number of hydrogen-bond acceptors (Lipinski definition) is 0. The van der Waals surface area contributed by atoms with Gasteiger partial charge >= 0.3 is 80.1 Å². The molecule has 57 valence electrons. The Morgan fingerprint density at radius 3 is 2.22 bits per heavy atom. The third kappa shape index (κ3) is 7.14. The first-order valence-electron chi connectivity index (χ1n) is 2.13. The van der Waals surface area contributed by atoms with E-state index in [9.17, 15) is 0 Å². The Hall–Kier alpha value is 1.24. The van der Waals surface area contributed by atoms with Gasteiger partial charge < -0.3 is 0 Å². The van der Waals surface area contributed by atoms with Crippen LogP contribution < -0.4 is 0 Å². The molecule has 0 bridgehead atoms. The Bertz CT molecular complexity index is 122. The van der Waals surface area contributed by atoms with Crippen LogP contribution in [0, 0.1) is 0 Å². The van der Waals surface area contributed by atoms with E-state index >= 15 is 0 Å². The van der Waals surface area contributed by atoms with Crippen molar-refractivity contribution in [3.8, 4) is 0 Å². The predicted octanol–water partition coefficient (Wildman–Crippen LogP) is 2.75. The SMILES string of the molecule is [Cl][Pd][Cl].[Fe][C]1=CC=CC1. The van der Waals surface area contributed by atoms with Crippen molar-refractivity contribution in [1.29, 1.82) is 0 Å². The van der Waals surface area contributed by atoms with E-state index in [0.29, 0.717) is 0 Å². The van der Waals surface area contributed by atoms with E-state index in [1.807, 2.05) is 12.2 Å². The van der Waals surface area contributed by atoms with Gasteiger partial charge in [-0.25, -0.2) is 0 Å². The van der Waals surface area contributed by atoms with Gasteiger partial charge in [0.15, 0.2) is 0 Å². The molecule has 0 unspecified atom stereocenters. The predicted molar refractivity (Wildman–Crippen MR) is 33.5 cm³/mol. The fourth-order valence-electron chi connectivity index (χ4n) is 0.416. The van der Waals surface area contributed by atoms with Gasteiger partial charge in [0.1, 0.15) is 0 Å². The van der Waals surface area contributed by atoms with E-state index < -0.39 is 0 Å². The fourth-order valence-corrected chi connectivity index (χ4v) is 0.652. The van der Waals surface area contributed by atoms with Gasteiger partial charge in [-0.05, 0) is 0 Å². The van der Waals surface area contributed by atoms with Crippen LogP contribution in [0.25, 0.3) is 0 Å². The zero-order valence-electron chi connectivity index (χ0n) is 4.36. The summed E-state index contributed by atoms with van der Waals surface area (Å²) in [6, 6.07) is 0. The molecule has 1 aliphatic rings. The second-order valence-corrected chi connectivity index (χ2v) is 4.34. The molecule has 9 heavy (non-hydrogen) atoms. The normalized spacial score (nSPS) is 14.8. The molecule has 0 saturated carbocycles. The van der Waals surface area contributed by atoms with Gasteiger partial charge in [0, 0.05) is 0 Å². The third-order valence-corrected chi connectivity index (χ3v) is 1.13. The maximum atomic E-state index is 4.81. The van der Waals surface area contributed by atoms with Gasteiger partial charge in [0.2, 0.25) is 0 Å². The molecule has 0 fully saturated rings. The van der Waals surface area contributed by atoms with E-state index in [4.69, 9.17) is 19.1 Å². The Morgan fingerprint density at radius 1 is 1.56 bits per heavy atom. The van der Waals surface area contributed by atoms with Crippen molar-refractivity contribution in [3.63, 3.8) is 0 Å². The van der Waals surface area contributed by atoms with Gasteiger partial charge in [0.25, 0.3) is 0 Å². The van der Waals surface area contributed by atoms with Crippen molar-refractivity contribution in [2.24, 2.45) is 0 Å². The molecular formula is C5H5Cl2FePd. The molecule has 0 heterocycles. The maximum absolute atomic E-state index is 4.81. The first-order chi connectivity index (χ1) is 4.31. The molecule has 0 aromatic heterocycles. The number of allylic oxidation sites excluding steroid dienone is 4. The average molecular weight is 298 g/mol. The number of halogens is 2. The first kappa shape index (κ1) is 10.2. The second-order valence-electron chi connectivity index (χ2n) is 1.28. The molecule has 0 N–H and O–H groups in total. The number of rotatable bonds is 0. The van der Waals surface area contributed by atoms with E-state index in [1.54, 1.807) is 0 Å². The first-order valence-corrected chi connectivity index (χ1v) is 6.69. The summed E-state index contributed by atoms with van der Waals surface area (Å²) in [6.45, 7) is 0. The molecule has 0 aliphatic heterocycles. The summed E-state index contributed by atoms with van der Waals surface area (Å²) in [5.41, 5.74) is 0. The Morgan fingerprint density at radius 2 is 2.11 bits per heavy atom. The van der Waals surface area contributed by atoms with E-state index in [2.05, 4.69) is 22.1 Å². The average Bonchev–Trinajstić information content (AvgIpc) is 2.20. The summed E-state index contributed by atoms with van der Waals surface area (Å²) >= 11 is 3.63. The van der Waals surface area contributed by atoms with Crippen LogP contribution in [0.4, 0.5) is 0 Å². The molecule has 0 saturated heterocycles. The van der Waals surface area contributed by atoms with Crippen LogP contribution in [0.5, 0.6) is 0 Å². The third-order valence-electron chi connectivity index (χ3n) is 0.717. The second kappa shape index (κ2) is 7.35. The van der Waals surface area contributed by atoms with Gasteiger partial charge in [-0.2, -0.15) is 0 Å². The molecular weight excluding hydrogens is 293 g/mol. The van der Waals surface area contributed by atoms with Crippen LogP contribution in [0.15, 0.2) is 22.7 Å². The Labute approximate surface area is 79.6 Å². The van der Waals surface area contributed by atoms with Crippen LogP contribution in [-0.2, 0) is 32.0 Å². The van der Waals surface area contributed by atoms with Gasteiger partial charge in [-0.3, -0.25) is 0 Å². The molecule has 0 spiro atoms. The quantitative estimate of drug-likeness (QED) is 0.603. The molecule has 1 aliphatic carbocycles. The standard InChI is InChI=1S/C5H5.2ClH.Fe.Pd/c1-2-4-5-3-1;;;;/h1-3H,4H2;2*1H;;/q;;;;+2/p-2. The van der Waals surface area contributed by atoms with Crippen molar-refractivity contribution in [1.82, 2.24) is 0 Å². The van der Waals surface area contributed by atoms with Crippen LogP contribution in [-0.4, -0.2) is 0 Å². The summed E-state index contributed by atoms with van der Waals surface area (Å²) in [5.74, 6) is 0. The molecule has 0 radical (unpaired) electrons. The zero-order chi connectivity index (χ0) is 7.11. The topological polar surface area (TPSA) is 0 Å². The van der Waals surface area contributed by atoms with E-state index in [-0.39, 0.29) is 15.9 Å². The van der Waals surface area contributed by atoms with Gasteiger partial charge in [-0.15, -0.1) is 0 Å². The van der Waals surface area contributed by atoms with Crippen LogP contribution >= 0.6 is 19.1 Å². The molecule has 1 rings (SSSR count). The van der Waals surface area contributed by atoms with Crippen LogP contribution in [0.2, 0.25) is 0 Å². The molecule has 0 atom stereocenters. The van der Waals surface area contributed by atoms with Gasteiger partial charge in [0.05, 0.1) is 0 Å². The Kier molecular flexibility index (Phi) is 8.36. The summed E-state index contributed by atoms with van der Waals surface area (Å²) in [7, 11) is 9.63. The molecule has 0 amide bonds. The minimum absolute atomic E-state index is 0.106. The fraction of sp³-hybridized carbons (Fsp3) is 0.200. The summed E-state index contributed by atoms with van der Waals surface area (Å²) < 4.78 is 1.22. The molecule has 4 heteroatoms. The Balaban J connectivity index is 0.000000187. The summed E-state index contributed by atoms with van der Waals surface area (Å²) in [5, 5.41) is 0. The van der Waals surface area contributed by atoms with Crippen molar-refractivity contribution in [2.45, 2.75) is 6.42 Å². The van der Waals surface area contributed by atoms with Crippen molar-refractivity contribution < 1.29 is 32.0 Å². The van der Waals surface area contributed by atoms with E-state index in [0.717, 1.165) is 6.42 Å². The van der Waals surface area contributed by atoms with E-state index in [1.165, 1.54) is 4.47 Å². The molecule has 0 nitrogen and oxygen atoms in total. The van der Waals surface area contributed by atoms with Gasteiger partial charge in [-0.1, -0.05) is 0 Å². The van der Waals surface area contributed by atoms with Crippen molar-refractivity contribution in [2.75, 3.05) is 0 Å². The summed E-state index contributed by atoms with van der Waals surface area (Å²) in [6.07, 6.45) is 7.21. The van der Waals surface area contributed by atoms with Crippen LogP contribution in [0.3, 0.4) is 0 Å². The minimum atomic E-state index is -0.106.